The van der Waals surface area contributed by atoms with E-state index in [-0.39, 0.29) is 5.82 Å². The lowest BCUT2D eigenvalue weighted by Gasteiger charge is -2.14. The van der Waals surface area contributed by atoms with Gasteiger partial charge in [-0.05, 0) is 50.2 Å². The molecule has 5 nitrogen and oxygen atoms in total. The Hall–Kier alpha value is -2.57. The second-order valence-corrected chi connectivity index (χ2v) is 5.33. The van der Waals surface area contributed by atoms with Crippen molar-refractivity contribution in [3.8, 4) is 22.5 Å². The lowest BCUT2D eigenvalue weighted by atomic mass is 10.1. The van der Waals surface area contributed by atoms with Gasteiger partial charge in [0.25, 0.3) is 0 Å². The van der Waals surface area contributed by atoms with Gasteiger partial charge in [0.2, 0.25) is 6.29 Å². The number of imidazole rings is 1. The third kappa shape index (κ3) is 3.92. The first-order valence-corrected chi connectivity index (χ1v) is 8.22. The Labute approximate surface area is 145 Å². The van der Waals surface area contributed by atoms with E-state index < -0.39 is 6.29 Å². The zero-order valence-corrected chi connectivity index (χ0v) is 14.2. The molecule has 25 heavy (non-hydrogen) atoms. The van der Waals surface area contributed by atoms with Gasteiger partial charge in [0, 0.05) is 36.7 Å². The predicted molar refractivity (Wildman–Crippen MR) is 93.2 cm³/mol. The molecule has 0 unspecified atom stereocenters. The molecule has 3 aromatic rings. The SMILES string of the molecule is CCOC(OCC)c1nc(-c2ccc(F)cc2)c(-c2ccncc2)[nH]1. The molecule has 0 atom stereocenters. The first-order chi connectivity index (χ1) is 12.2. The Morgan fingerprint density at radius 1 is 0.960 bits per heavy atom. The molecule has 0 saturated carbocycles. The van der Waals surface area contributed by atoms with Crippen LogP contribution in [0.3, 0.4) is 0 Å². The monoisotopic (exact) mass is 341 g/mol. The quantitative estimate of drug-likeness (QED) is 0.649. The fraction of sp³-hybridized carbons (Fsp3) is 0.263. The number of pyridine rings is 1. The molecule has 0 saturated heterocycles. The molecule has 2 heterocycles. The number of H-pyrrole nitrogens is 1. The minimum atomic E-state index is -0.579. The summed E-state index contributed by atoms with van der Waals surface area (Å²) < 4.78 is 24.6. The highest BCUT2D eigenvalue weighted by molar-refractivity contribution is 5.78. The maximum absolute atomic E-state index is 13.3. The van der Waals surface area contributed by atoms with E-state index in [2.05, 4.69) is 15.0 Å². The van der Waals surface area contributed by atoms with Crippen LogP contribution in [-0.4, -0.2) is 28.2 Å². The van der Waals surface area contributed by atoms with Gasteiger partial charge in [0.15, 0.2) is 5.82 Å². The highest BCUT2D eigenvalue weighted by Gasteiger charge is 2.21. The third-order valence-corrected chi connectivity index (χ3v) is 3.67. The number of hydrogen-bond donors (Lipinski definition) is 1. The lowest BCUT2D eigenvalue weighted by Crippen LogP contribution is -2.10. The zero-order chi connectivity index (χ0) is 17.6. The zero-order valence-electron chi connectivity index (χ0n) is 14.2. The van der Waals surface area contributed by atoms with E-state index in [9.17, 15) is 4.39 Å². The lowest BCUT2D eigenvalue weighted by molar-refractivity contribution is -0.144. The van der Waals surface area contributed by atoms with Crippen molar-refractivity contribution in [3.63, 3.8) is 0 Å². The average Bonchev–Trinajstić information content (AvgIpc) is 3.08. The summed E-state index contributed by atoms with van der Waals surface area (Å²) in [4.78, 5) is 12.0. The molecule has 0 bridgehead atoms. The number of nitrogens with zero attached hydrogens (tertiary/aromatic N) is 2. The number of aromatic nitrogens is 3. The van der Waals surface area contributed by atoms with Gasteiger partial charge in [-0.3, -0.25) is 4.98 Å². The average molecular weight is 341 g/mol. The minimum Gasteiger partial charge on any atom is -0.346 e. The Morgan fingerprint density at radius 3 is 2.20 bits per heavy atom. The first kappa shape index (κ1) is 17.3. The number of hydrogen-bond acceptors (Lipinski definition) is 4. The number of aromatic amines is 1. The third-order valence-electron chi connectivity index (χ3n) is 3.67. The van der Waals surface area contributed by atoms with E-state index in [0.29, 0.717) is 24.7 Å². The Morgan fingerprint density at radius 2 is 1.60 bits per heavy atom. The molecule has 0 fully saturated rings. The summed E-state index contributed by atoms with van der Waals surface area (Å²) >= 11 is 0. The van der Waals surface area contributed by atoms with Gasteiger partial charge >= 0.3 is 0 Å². The maximum atomic E-state index is 13.3. The minimum absolute atomic E-state index is 0.286. The fourth-order valence-electron chi connectivity index (χ4n) is 2.56. The summed E-state index contributed by atoms with van der Waals surface area (Å²) in [6.45, 7) is 4.81. The molecule has 0 amide bonds. The second kappa shape index (κ2) is 8.00. The van der Waals surface area contributed by atoms with Crippen LogP contribution >= 0.6 is 0 Å². The summed E-state index contributed by atoms with van der Waals surface area (Å²) in [5.41, 5.74) is 3.27. The van der Waals surface area contributed by atoms with Crippen molar-refractivity contribution in [2.45, 2.75) is 20.1 Å². The Bertz CT molecular complexity index is 797. The molecule has 6 heteroatoms. The van der Waals surface area contributed by atoms with Crippen molar-refractivity contribution >= 4 is 0 Å². The van der Waals surface area contributed by atoms with Crippen LogP contribution in [-0.2, 0) is 9.47 Å². The van der Waals surface area contributed by atoms with Crippen molar-refractivity contribution in [1.29, 1.82) is 0 Å². The molecule has 1 N–H and O–H groups in total. The molecular formula is C19H20FN3O2. The second-order valence-electron chi connectivity index (χ2n) is 5.33. The summed E-state index contributed by atoms with van der Waals surface area (Å²) in [6, 6.07) is 10.0. The van der Waals surface area contributed by atoms with Gasteiger partial charge in [0.1, 0.15) is 5.82 Å². The van der Waals surface area contributed by atoms with Crippen molar-refractivity contribution in [1.82, 2.24) is 15.0 Å². The normalized spacial score (nSPS) is 11.2. The predicted octanol–water partition coefficient (Wildman–Crippen LogP) is 4.35. The van der Waals surface area contributed by atoms with Gasteiger partial charge in [-0.25, -0.2) is 9.37 Å². The van der Waals surface area contributed by atoms with Crippen molar-refractivity contribution in [2.24, 2.45) is 0 Å². The van der Waals surface area contributed by atoms with E-state index in [1.54, 1.807) is 24.5 Å². The van der Waals surface area contributed by atoms with Crippen LogP contribution in [0.25, 0.3) is 22.5 Å². The van der Waals surface area contributed by atoms with Crippen molar-refractivity contribution in [2.75, 3.05) is 13.2 Å². The summed E-state index contributed by atoms with van der Waals surface area (Å²) in [6.07, 6.45) is 2.85. The van der Waals surface area contributed by atoms with Gasteiger partial charge in [-0.1, -0.05) is 0 Å². The molecule has 130 valence electrons. The molecule has 0 aliphatic carbocycles. The van der Waals surface area contributed by atoms with E-state index in [4.69, 9.17) is 9.47 Å². The van der Waals surface area contributed by atoms with Crippen LogP contribution in [0.5, 0.6) is 0 Å². The van der Waals surface area contributed by atoms with Crippen LogP contribution in [0.2, 0.25) is 0 Å². The molecule has 0 aliphatic rings. The van der Waals surface area contributed by atoms with Crippen molar-refractivity contribution < 1.29 is 13.9 Å². The topological polar surface area (TPSA) is 60.0 Å². The van der Waals surface area contributed by atoms with E-state index >= 15 is 0 Å². The number of rotatable bonds is 7. The summed E-state index contributed by atoms with van der Waals surface area (Å²) in [5, 5.41) is 0. The fourth-order valence-corrected chi connectivity index (χ4v) is 2.56. The Kier molecular flexibility index (Phi) is 5.53. The van der Waals surface area contributed by atoms with Gasteiger partial charge in [-0.2, -0.15) is 0 Å². The van der Waals surface area contributed by atoms with E-state index in [1.165, 1.54) is 12.1 Å². The van der Waals surface area contributed by atoms with Crippen LogP contribution in [0.1, 0.15) is 26.0 Å². The maximum Gasteiger partial charge on any atom is 0.217 e. The van der Waals surface area contributed by atoms with Crippen LogP contribution < -0.4 is 0 Å². The summed E-state index contributed by atoms with van der Waals surface area (Å²) in [5.74, 6) is 0.293. The highest BCUT2D eigenvalue weighted by Crippen LogP contribution is 2.32. The molecule has 0 radical (unpaired) electrons. The molecule has 3 rings (SSSR count). The van der Waals surface area contributed by atoms with Crippen molar-refractivity contribution in [3.05, 3.63) is 60.4 Å². The van der Waals surface area contributed by atoms with Gasteiger partial charge in [-0.15, -0.1) is 0 Å². The van der Waals surface area contributed by atoms with E-state index in [1.807, 2.05) is 26.0 Å². The van der Waals surface area contributed by atoms with Gasteiger partial charge in [0.05, 0.1) is 11.4 Å². The standard InChI is InChI=1S/C19H20FN3O2/c1-3-24-19(25-4-2)18-22-16(13-5-7-15(20)8-6-13)17(23-18)14-9-11-21-12-10-14/h5-12,19H,3-4H2,1-2H3,(H,22,23). The van der Waals surface area contributed by atoms with Crippen LogP contribution in [0, 0.1) is 5.82 Å². The summed E-state index contributed by atoms with van der Waals surface area (Å²) in [7, 11) is 0. The smallest absolute Gasteiger partial charge is 0.217 e. The molecule has 1 aromatic carbocycles. The first-order valence-electron chi connectivity index (χ1n) is 8.22. The number of ether oxygens (including phenoxy) is 2. The molecule has 2 aromatic heterocycles. The van der Waals surface area contributed by atoms with E-state index in [0.717, 1.165) is 16.8 Å². The number of benzene rings is 1. The highest BCUT2D eigenvalue weighted by atomic mass is 19.1. The molecule has 0 aliphatic heterocycles. The Balaban J connectivity index is 2.09. The molecular weight excluding hydrogens is 321 g/mol. The van der Waals surface area contributed by atoms with Gasteiger partial charge < -0.3 is 14.5 Å². The molecule has 0 spiro atoms. The van der Waals surface area contributed by atoms with Crippen LogP contribution in [0.15, 0.2) is 48.8 Å². The van der Waals surface area contributed by atoms with Crippen LogP contribution in [0.4, 0.5) is 4.39 Å². The largest absolute Gasteiger partial charge is 0.346 e. The number of halogens is 1. The number of nitrogens with one attached hydrogen (secondary N) is 1.